The zero-order chi connectivity index (χ0) is 20.4. The zero-order valence-corrected chi connectivity index (χ0v) is 17.9. The summed E-state index contributed by atoms with van der Waals surface area (Å²) in [4.78, 5) is 4.67. The van der Waals surface area contributed by atoms with Crippen LogP contribution in [0, 0.1) is 13.8 Å². The van der Waals surface area contributed by atoms with Crippen LogP contribution < -0.4 is 0 Å². The van der Waals surface area contributed by atoms with Gasteiger partial charge in [0.2, 0.25) is 5.89 Å². The molecule has 150 valence electrons. The average molecular weight is 409 g/mol. The number of aromatic nitrogens is 4. The maximum Gasteiger partial charge on any atom is 0.226 e. The van der Waals surface area contributed by atoms with Gasteiger partial charge in [-0.3, -0.25) is 4.57 Å². The second-order valence-electron chi connectivity index (χ2n) is 7.41. The monoisotopic (exact) mass is 408 g/mol. The molecule has 29 heavy (non-hydrogen) atoms. The van der Waals surface area contributed by atoms with Crippen molar-refractivity contribution in [1.29, 1.82) is 0 Å². The molecule has 4 rings (SSSR count). The minimum Gasteiger partial charge on any atom is -0.467 e. The molecule has 0 radical (unpaired) electrons. The molecule has 0 fully saturated rings. The molecule has 7 heteroatoms. The van der Waals surface area contributed by atoms with E-state index in [-0.39, 0.29) is 5.92 Å². The first-order valence-electron chi connectivity index (χ1n) is 9.61. The van der Waals surface area contributed by atoms with Gasteiger partial charge in [0, 0.05) is 17.2 Å². The van der Waals surface area contributed by atoms with Gasteiger partial charge in [0.25, 0.3) is 0 Å². The van der Waals surface area contributed by atoms with E-state index in [0.29, 0.717) is 18.2 Å². The molecular formula is C22H24N4O2S. The summed E-state index contributed by atoms with van der Waals surface area (Å²) in [7, 11) is 0. The largest absolute Gasteiger partial charge is 0.467 e. The zero-order valence-electron chi connectivity index (χ0n) is 17.0. The van der Waals surface area contributed by atoms with Crippen LogP contribution in [0.25, 0.3) is 11.5 Å². The van der Waals surface area contributed by atoms with Crippen molar-refractivity contribution < 1.29 is 8.83 Å². The Balaban J connectivity index is 1.52. The molecule has 0 atom stereocenters. The summed E-state index contributed by atoms with van der Waals surface area (Å²) in [5.74, 6) is 3.41. The Hall–Kier alpha value is -2.80. The summed E-state index contributed by atoms with van der Waals surface area (Å²) in [6.07, 6.45) is 3.41. The van der Waals surface area contributed by atoms with Crippen LogP contribution in [0.2, 0.25) is 0 Å². The van der Waals surface area contributed by atoms with Crippen LogP contribution in [0.15, 0.2) is 56.8 Å². The van der Waals surface area contributed by atoms with Crippen molar-refractivity contribution in [2.75, 3.05) is 0 Å². The van der Waals surface area contributed by atoms with Gasteiger partial charge in [-0.2, -0.15) is 0 Å². The van der Waals surface area contributed by atoms with Gasteiger partial charge in [0.15, 0.2) is 5.16 Å². The van der Waals surface area contributed by atoms with E-state index in [1.165, 1.54) is 5.56 Å². The fraction of sp³-hybridized carbons (Fsp3) is 0.318. The van der Waals surface area contributed by atoms with Gasteiger partial charge in [0.1, 0.15) is 17.8 Å². The molecule has 0 spiro atoms. The summed E-state index contributed by atoms with van der Waals surface area (Å²) < 4.78 is 13.4. The van der Waals surface area contributed by atoms with Gasteiger partial charge in [-0.25, -0.2) is 4.98 Å². The number of hydrogen-bond acceptors (Lipinski definition) is 6. The SMILES string of the molecule is Cc1ccc(-c2nc(CSc3nnc(C(C)C)n3Cc3ccco3)co2)c(C)c1. The quantitative estimate of drug-likeness (QED) is 0.370. The van der Waals surface area contributed by atoms with Crippen LogP contribution in [0.4, 0.5) is 0 Å². The molecule has 0 saturated carbocycles. The smallest absolute Gasteiger partial charge is 0.226 e. The molecule has 1 aromatic carbocycles. The minimum absolute atomic E-state index is 0.273. The predicted molar refractivity (Wildman–Crippen MR) is 113 cm³/mol. The van der Waals surface area contributed by atoms with Crippen LogP contribution in [-0.2, 0) is 12.3 Å². The molecule has 6 nitrogen and oxygen atoms in total. The number of aryl methyl sites for hydroxylation is 2. The Bertz CT molecular complexity index is 1100. The lowest BCUT2D eigenvalue weighted by Crippen LogP contribution is -2.07. The topological polar surface area (TPSA) is 69.9 Å². The van der Waals surface area contributed by atoms with E-state index in [4.69, 9.17) is 8.83 Å². The number of rotatable bonds is 7. The Labute approximate surface area is 174 Å². The third-order valence-electron chi connectivity index (χ3n) is 4.67. The summed E-state index contributed by atoms with van der Waals surface area (Å²) in [6, 6.07) is 10.1. The highest BCUT2D eigenvalue weighted by molar-refractivity contribution is 7.98. The van der Waals surface area contributed by atoms with Crippen molar-refractivity contribution in [2.24, 2.45) is 0 Å². The molecule has 3 aromatic heterocycles. The molecule has 0 N–H and O–H groups in total. The highest BCUT2D eigenvalue weighted by Crippen LogP contribution is 2.28. The fourth-order valence-corrected chi connectivity index (χ4v) is 4.05. The number of furan rings is 1. The third kappa shape index (κ3) is 4.29. The summed E-state index contributed by atoms with van der Waals surface area (Å²) >= 11 is 1.60. The molecule has 0 aliphatic carbocycles. The van der Waals surface area contributed by atoms with E-state index < -0.39 is 0 Å². The van der Waals surface area contributed by atoms with Gasteiger partial charge in [-0.15, -0.1) is 10.2 Å². The first-order valence-corrected chi connectivity index (χ1v) is 10.6. The standard InChI is InChI=1S/C22H24N4O2S/c1-14(2)20-24-25-22(26(20)11-18-6-5-9-27-18)29-13-17-12-28-21(23-17)19-8-7-15(3)10-16(19)4/h5-10,12,14H,11,13H2,1-4H3. The van der Waals surface area contributed by atoms with Gasteiger partial charge >= 0.3 is 0 Å². The Morgan fingerprint density at radius 3 is 2.69 bits per heavy atom. The normalized spacial score (nSPS) is 11.5. The van der Waals surface area contributed by atoms with Crippen molar-refractivity contribution in [3.63, 3.8) is 0 Å². The van der Waals surface area contributed by atoms with Gasteiger partial charge in [-0.1, -0.05) is 43.3 Å². The lowest BCUT2D eigenvalue weighted by molar-refractivity contribution is 0.475. The van der Waals surface area contributed by atoms with Crippen LogP contribution in [0.3, 0.4) is 0 Å². The number of oxazole rings is 1. The van der Waals surface area contributed by atoms with Gasteiger partial charge < -0.3 is 8.83 Å². The van der Waals surface area contributed by atoms with Crippen molar-refractivity contribution in [3.8, 4) is 11.5 Å². The van der Waals surface area contributed by atoms with E-state index in [1.54, 1.807) is 24.3 Å². The Kier molecular flexibility index (Phi) is 5.58. The molecule has 0 bridgehead atoms. The third-order valence-corrected chi connectivity index (χ3v) is 5.67. The minimum atomic E-state index is 0.273. The van der Waals surface area contributed by atoms with Crippen LogP contribution >= 0.6 is 11.8 Å². The highest BCUT2D eigenvalue weighted by Gasteiger charge is 2.18. The van der Waals surface area contributed by atoms with Crippen molar-refractivity contribution in [2.45, 2.75) is 51.1 Å². The van der Waals surface area contributed by atoms with E-state index in [1.807, 2.05) is 12.1 Å². The second kappa shape index (κ2) is 8.29. The number of nitrogens with zero attached hydrogens (tertiary/aromatic N) is 4. The first-order chi connectivity index (χ1) is 14.0. The van der Waals surface area contributed by atoms with Gasteiger partial charge in [0.05, 0.1) is 18.5 Å². The van der Waals surface area contributed by atoms with E-state index in [0.717, 1.165) is 33.6 Å². The molecule has 3 heterocycles. The Morgan fingerprint density at radius 2 is 1.97 bits per heavy atom. The van der Waals surface area contributed by atoms with Crippen LogP contribution in [0.5, 0.6) is 0 Å². The molecule has 0 unspecified atom stereocenters. The summed E-state index contributed by atoms with van der Waals surface area (Å²) in [5.41, 5.74) is 4.29. The molecule has 0 aliphatic heterocycles. The Morgan fingerprint density at radius 1 is 1.10 bits per heavy atom. The molecular weight excluding hydrogens is 384 g/mol. The predicted octanol–water partition coefficient (Wildman–Crippen LogP) is 5.61. The lowest BCUT2D eigenvalue weighted by atomic mass is 10.1. The van der Waals surface area contributed by atoms with Crippen molar-refractivity contribution >= 4 is 11.8 Å². The van der Waals surface area contributed by atoms with Crippen LogP contribution in [-0.4, -0.2) is 19.7 Å². The highest BCUT2D eigenvalue weighted by atomic mass is 32.2. The van der Waals surface area contributed by atoms with E-state index >= 15 is 0 Å². The van der Waals surface area contributed by atoms with E-state index in [2.05, 4.69) is 65.6 Å². The maximum atomic E-state index is 5.74. The van der Waals surface area contributed by atoms with Crippen molar-refractivity contribution in [1.82, 2.24) is 19.7 Å². The average Bonchev–Trinajstić information content (AvgIpc) is 3.41. The molecule has 4 aromatic rings. The molecule has 0 amide bonds. The molecule has 0 saturated heterocycles. The number of benzene rings is 1. The lowest BCUT2D eigenvalue weighted by Gasteiger charge is -2.10. The maximum absolute atomic E-state index is 5.74. The number of hydrogen-bond donors (Lipinski definition) is 0. The van der Waals surface area contributed by atoms with E-state index in [9.17, 15) is 0 Å². The second-order valence-corrected chi connectivity index (χ2v) is 8.35. The van der Waals surface area contributed by atoms with Crippen LogP contribution in [0.1, 0.15) is 48.2 Å². The summed E-state index contributed by atoms with van der Waals surface area (Å²) in [5, 5.41) is 9.63. The summed E-state index contributed by atoms with van der Waals surface area (Å²) in [6.45, 7) is 9.00. The number of thioether (sulfide) groups is 1. The fourth-order valence-electron chi connectivity index (χ4n) is 3.23. The first kappa shape index (κ1) is 19.5. The van der Waals surface area contributed by atoms with Gasteiger partial charge in [-0.05, 0) is 37.6 Å². The van der Waals surface area contributed by atoms with Crippen molar-refractivity contribution in [3.05, 3.63) is 71.3 Å². The molecule has 0 aliphatic rings.